The zero-order valence-corrected chi connectivity index (χ0v) is 9.16. The molecule has 2 nitrogen and oxygen atoms in total. The summed E-state index contributed by atoms with van der Waals surface area (Å²) in [7, 11) is 0. The zero-order valence-electron chi connectivity index (χ0n) is 8.34. The molecule has 0 bridgehead atoms. The third kappa shape index (κ3) is 1.36. The van der Waals surface area contributed by atoms with Gasteiger partial charge in [0.1, 0.15) is 5.65 Å². The molecule has 0 unspecified atom stereocenters. The molecule has 74 valence electrons. The van der Waals surface area contributed by atoms with Gasteiger partial charge in [0.2, 0.25) is 0 Å². The van der Waals surface area contributed by atoms with Crippen molar-refractivity contribution in [3.8, 4) is 10.6 Å². The van der Waals surface area contributed by atoms with Gasteiger partial charge in [-0.2, -0.15) is 0 Å². The van der Waals surface area contributed by atoms with Crippen molar-refractivity contribution in [2.45, 2.75) is 6.92 Å². The van der Waals surface area contributed by atoms with Crippen molar-refractivity contribution < 1.29 is 0 Å². The maximum Gasteiger partial charge on any atom is 0.137 e. The minimum Gasteiger partial charge on any atom is -0.306 e. The van der Waals surface area contributed by atoms with E-state index in [1.165, 1.54) is 10.4 Å². The van der Waals surface area contributed by atoms with E-state index >= 15 is 0 Å². The molecule has 0 saturated carbocycles. The molecule has 0 fully saturated rings. The van der Waals surface area contributed by atoms with Gasteiger partial charge in [-0.15, -0.1) is 11.3 Å². The van der Waals surface area contributed by atoms with Crippen LogP contribution in [0.15, 0.2) is 42.0 Å². The molecule has 0 radical (unpaired) electrons. The van der Waals surface area contributed by atoms with Crippen LogP contribution in [0.25, 0.3) is 16.2 Å². The lowest BCUT2D eigenvalue weighted by Gasteiger charge is -1.90. The third-order valence-corrected chi connectivity index (χ3v) is 3.50. The van der Waals surface area contributed by atoms with E-state index in [0.29, 0.717) is 0 Å². The summed E-state index contributed by atoms with van der Waals surface area (Å²) in [5.74, 6) is 0. The fraction of sp³-hybridized carbons (Fsp3) is 0.0833. The fourth-order valence-corrected chi connectivity index (χ4v) is 2.56. The van der Waals surface area contributed by atoms with Gasteiger partial charge in [-0.25, -0.2) is 4.98 Å². The van der Waals surface area contributed by atoms with Gasteiger partial charge in [0.25, 0.3) is 0 Å². The van der Waals surface area contributed by atoms with Crippen LogP contribution in [0.5, 0.6) is 0 Å². The topological polar surface area (TPSA) is 17.3 Å². The molecular weight excluding hydrogens is 204 g/mol. The van der Waals surface area contributed by atoms with E-state index < -0.39 is 0 Å². The highest BCUT2D eigenvalue weighted by atomic mass is 32.1. The summed E-state index contributed by atoms with van der Waals surface area (Å²) in [5, 5.41) is 2.11. The van der Waals surface area contributed by atoms with Crippen molar-refractivity contribution in [1.29, 1.82) is 0 Å². The Morgan fingerprint density at radius 2 is 2.20 bits per heavy atom. The third-order valence-electron chi connectivity index (χ3n) is 2.46. The molecule has 0 spiro atoms. The van der Waals surface area contributed by atoms with Crippen LogP contribution in [0.1, 0.15) is 5.56 Å². The Balaban J connectivity index is 2.24. The quantitative estimate of drug-likeness (QED) is 0.607. The van der Waals surface area contributed by atoms with Crippen molar-refractivity contribution in [2.24, 2.45) is 0 Å². The minimum absolute atomic E-state index is 1.00. The molecule has 3 aromatic heterocycles. The second-order valence-electron chi connectivity index (χ2n) is 3.52. The van der Waals surface area contributed by atoms with Gasteiger partial charge < -0.3 is 4.40 Å². The van der Waals surface area contributed by atoms with Crippen molar-refractivity contribution in [3.05, 3.63) is 47.6 Å². The zero-order chi connectivity index (χ0) is 10.3. The number of thiophene rings is 1. The second-order valence-corrected chi connectivity index (χ2v) is 4.44. The molecule has 3 heteroatoms. The number of pyridine rings is 1. The number of imidazole rings is 1. The van der Waals surface area contributed by atoms with Gasteiger partial charge in [0.15, 0.2) is 0 Å². The second kappa shape index (κ2) is 3.21. The smallest absolute Gasteiger partial charge is 0.137 e. The van der Waals surface area contributed by atoms with Crippen LogP contribution in [0, 0.1) is 6.92 Å². The van der Waals surface area contributed by atoms with Crippen molar-refractivity contribution >= 4 is 17.0 Å². The molecule has 3 rings (SSSR count). The van der Waals surface area contributed by atoms with E-state index in [2.05, 4.69) is 34.0 Å². The summed E-state index contributed by atoms with van der Waals surface area (Å²) >= 11 is 1.74. The summed E-state index contributed by atoms with van der Waals surface area (Å²) < 4.78 is 2.05. The lowest BCUT2D eigenvalue weighted by Crippen LogP contribution is -1.77. The Hall–Kier alpha value is -1.61. The number of nitrogens with zero attached hydrogens (tertiary/aromatic N) is 2. The lowest BCUT2D eigenvalue weighted by atomic mass is 10.2. The van der Waals surface area contributed by atoms with Gasteiger partial charge >= 0.3 is 0 Å². The van der Waals surface area contributed by atoms with Crippen LogP contribution in [0.2, 0.25) is 0 Å². The number of rotatable bonds is 1. The Morgan fingerprint density at radius 1 is 1.27 bits per heavy atom. The van der Waals surface area contributed by atoms with E-state index in [0.717, 1.165) is 11.3 Å². The van der Waals surface area contributed by atoms with Gasteiger partial charge in [0, 0.05) is 12.4 Å². The van der Waals surface area contributed by atoms with Gasteiger partial charge in [-0.1, -0.05) is 6.07 Å². The predicted molar refractivity (Wildman–Crippen MR) is 63.2 cm³/mol. The summed E-state index contributed by atoms with van der Waals surface area (Å²) in [6, 6.07) is 8.17. The standard InChI is InChI=1S/C12H10N2S/c1-9-5-7-15-12(9)10-8-14-6-3-2-4-11(14)13-10/h2-8H,1H3. The molecule has 15 heavy (non-hydrogen) atoms. The molecule has 0 aromatic carbocycles. The maximum absolute atomic E-state index is 4.59. The first-order chi connectivity index (χ1) is 7.34. The molecule has 0 aliphatic carbocycles. The Morgan fingerprint density at radius 3 is 2.93 bits per heavy atom. The summed E-state index contributed by atoms with van der Waals surface area (Å²) in [4.78, 5) is 5.85. The van der Waals surface area contributed by atoms with Crippen molar-refractivity contribution in [1.82, 2.24) is 9.38 Å². The molecule has 3 heterocycles. The number of aromatic nitrogens is 2. The number of hydrogen-bond acceptors (Lipinski definition) is 2. The molecule has 0 amide bonds. The first-order valence-electron chi connectivity index (χ1n) is 4.83. The van der Waals surface area contributed by atoms with Crippen LogP contribution in [0.3, 0.4) is 0 Å². The summed E-state index contributed by atoms with van der Waals surface area (Å²) in [6.07, 6.45) is 4.10. The fourth-order valence-electron chi connectivity index (χ4n) is 1.68. The first-order valence-corrected chi connectivity index (χ1v) is 5.71. The van der Waals surface area contributed by atoms with Crippen molar-refractivity contribution in [3.63, 3.8) is 0 Å². The molecule has 0 aliphatic heterocycles. The molecule has 3 aromatic rings. The largest absolute Gasteiger partial charge is 0.306 e. The Bertz CT molecular complexity index is 574. The van der Waals surface area contributed by atoms with E-state index in [1.807, 2.05) is 24.4 Å². The van der Waals surface area contributed by atoms with E-state index in [4.69, 9.17) is 0 Å². The Labute approximate surface area is 91.8 Å². The average Bonchev–Trinajstić information content (AvgIpc) is 2.82. The minimum atomic E-state index is 1.00. The monoisotopic (exact) mass is 214 g/mol. The highest BCUT2D eigenvalue weighted by Gasteiger charge is 2.07. The van der Waals surface area contributed by atoms with Crippen LogP contribution in [-0.4, -0.2) is 9.38 Å². The number of fused-ring (bicyclic) bond motifs is 1. The SMILES string of the molecule is Cc1ccsc1-c1cn2ccccc2n1. The molecule has 0 aliphatic rings. The highest BCUT2D eigenvalue weighted by Crippen LogP contribution is 2.28. The van der Waals surface area contributed by atoms with Gasteiger partial charge in [0.05, 0.1) is 10.6 Å². The normalized spacial score (nSPS) is 11.0. The number of aryl methyl sites for hydroxylation is 1. The Kier molecular flexibility index (Phi) is 1.86. The predicted octanol–water partition coefficient (Wildman–Crippen LogP) is 3.37. The molecule has 0 atom stereocenters. The van der Waals surface area contributed by atoms with E-state index in [1.54, 1.807) is 11.3 Å². The maximum atomic E-state index is 4.59. The van der Waals surface area contributed by atoms with Gasteiger partial charge in [-0.3, -0.25) is 0 Å². The first kappa shape index (κ1) is 8.68. The van der Waals surface area contributed by atoms with Crippen LogP contribution >= 0.6 is 11.3 Å². The number of hydrogen-bond donors (Lipinski definition) is 0. The van der Waals surface area contributed by atoms with Crippen LogP contribution in [0.4, 0.5) is 0 Å². The molecule has 0 N–H and O–H groups in total. The lowest BCUT2D eigenvalue weighted by molar-refractivity contribution is 1.19. The average molecular weight is 214 g/mol. The van der Waals surface area contributed by atoms with Crippen LogP contribution in [-0.2, 0) is 0 Å². The summed E-state index contributed by atoms with van der Waals surface area (Å²) in [5.41, 5.74) is 3.36. The molecular formula is C12H10N2S. The van der Waals surface area contributed by atoms with E-state index in [-0.39, 0.29) is 0 Å². The van der Waals surface area contributed by atoms with Crippen molar-refractivity contribution in [2.75, 3.05) is 0 Å². The highest BCUT2D eigenvalue weighted by molar-refractivity contribution is 7.13. The summed E-state index contributed by atoms with van der Waals surface area (Å²) in [6.45, 7) is 2.12. The van der Waals surface area contributed by atoms with Crippen LogP contribution < -0.4 is 0 Å². The molecule has 0 saturated heterocycles. The van der Waals surface area contributed by atoms with Gasteiger partial charge in [-0.05, 0) is 36.1 Å². The van der Waals surface area contributed by atoms with E-state index in [9.17, 15) is 0 Å².